The van der Waals surface area contributed by atoms with Crippen molar-refractivity contribution in [2.24, 2.45) is 0 Å². The number of fused-ring (bicyclic) bond motifs is 1. The molecular weight excluding hydrogens is 292 g/mol. The Hall–Kier alpha value is -2.21. The summed E-state index contributed by atoms with van der Waals surface area (Å²) >= 11 is 0. The minimum Gasteiger partial charge on any atom is -0.355 e. The summed E-state index contributed by atoms with van der Waals surface area (Å²) in [7, 11) is 0. The summed E-state index contributed by atoms with van der Waals surface area (Å²) in [5.41, 5.74) is 0.529. The molecule has 1 spiro atoms. The lowest BCUT2D eigenvalue weighted by molar-refractivity contribution is -0.135. The van der Waals surface area contributed by atoms with Crippen LogP contribution in [-0.2, 0) is 9.53 Å². The third-order valence-electron chi connectivity index (χ3n) is 4.67. The summed E-state index contributed by atoms with van der Waals surface area (Å²) in [6.07, 6.45) is 3.31. The normalized spacial score (nSPS) is 22.5. The van der Waals surface area contributed by atoms with Crippen molar-refractivity contribution in [2.45, 2.75) is 38.0 Å². The van der Waals surface area contributed by atoms with Gasteiger partial charge in [0.1, 0.15) is 17.1 Å². The van der Waals surface area contributed by atoms with Gasteiger partial charge in [-0.1, -0.05) is 12.1 Å². The molecule has 4 rings (SSSR count). The first-order chi connectivity index (χ1) is 11.0. The van der Waals surface area contributed by atoms with E-state index in [1.165, 1.54) is 0 Å². The lowest BCUT2D eigenvalue weighted by Gasteiger charge is -2.39. The van der Waals surface area contributed by atoms with Crippen molar-refractivity contribution in [2.75, 3.05) is 18.0 Å². The molecule has 0 bridgehead atoms. The molecule has 0 unspecified atom stereocenters. The first kappa shape index (κ1) is 14.4. The van der Waals surface area contributed by atoms with Gasteiger partial charge < -0.3 is 15.0 Å². The van der Waals surface area contributed by atoms with E-state index in [-0.39, 0.29) is 5.91 Å². The van der Waals surface area contributed by atoms with Crippen LogP contribution in [0.3, 0.4) is 0 Å². The van der Waals surface area contributed by atoms with Gasteiger partial charge in [-0.15, -0.1) is 0 Å². The SMILES string of the molecule is CC1(C)OC2(CCN(c3cnc4ccccc4n3)CC2)NC1=O. The molecule has 0 radical (unpaired) electrons. The Morgan fingerprint density at radius 1 is 1.17 bits per heavy atom. The van der Waals surface area contributed by atoms with Gasteiger partial charge in [0, 0.05) is 25.9 Å². The predicted molar refractivity (Wildman–Crippen MR) is 87.0 cm³/mol. The van der Waals surface area contributed by atoms with Crippen LogP contribution in [0, 0.1) is 0 Å². The van der Waals surface area contributed by atoms with Crippen LogP contribution in [0.2, 0.25) is 0 Å². The highest BCUT2D eigenvalue weighted by atomic mass is 16.6. The predicted octanol–water partition coefficient (Wildman–Crippen LogP) is 1.85. The quantitative estimate of drug-likeness (QED) is 0.870. The van der Waals surface area contributed by atoms with Crippen molar-refractivity contribution < 1.29 is 9.53 Å². The van der Waals surface area contributed by atoms with Gasteiger partial charge in [0.05, 0.1) is 17.2 Å². The Bertz CT molecular complexity index is 766. The van der Waals surface area contributed by atoms with Gasteiger partial charge in [-0.3, -0.25) is 9.78 Å². The van der Waals surface area contributed by atoms with Crippen LogP contribution in [0.4, 0.5) is 5.82 Å². The van der Waals surface area contributed by atoms with E-state index in [1.54, 1.807) is 0 Å². The van der Waals surface area contributed by atoms with E-state index in [0.29, 0.717) is 0 Å². The molecule has 2 saturated heterocycles. The molecule has 2 aromatic rings. The van der Waals surface area contributed by atoms with Gasteiger partial charge in [0.25, 0.3) is 5.91 Å². The van der Waals surface area contributed by atoms with E-state index in [1.807, 2.05) is 44.3 Å². The van der Waals surface area contributed by atoms with Crippen LogP contribution in [0.25, 0.3) is 11.0 Å². The molecule has 1 amide bonds. The Balaban J connectivity index is 1.52. The van der Waals surface area contributed by atoms with E-state index >= 15 is 0 Å². The number of rotatable bonds is 1. The zero-order valence-corrected chi connectivity index (χ0v) is 13.4. The zero-order valence-electron chi connectivity index (χ0n) is 13.4. The molecule has 2 aliphatic heterocycles. The van der Waals surface area contributed by atoms with Crippen molar-refractivity contribution in [3.8, 4) is 0 Å². The summed E-state index contributed by atoms with van der Waals surface area (Å²) < 4.78 is 6.02. The molecule has 3 heterocycles. The number of carbonyl (C=O) groups is 1. The van der Waals surface area contributed by atoms with Gasteiger partial charge >= 0.3 is 0 Å². The van der Waals surface area contributed by atoms with E-state index < -0.39 is 11.3 Å². The van der Waals surface area contributed by atoms with Gasteiger partial charge in [0.15, 0.2) is 0 Å². The second-order valence-corrected chi connectivity index (χ2v) is 6.76. The standard InChI is InChI=1S/C17H20N4O2/c1-16(2)15(22)20-17(23-16)7-9-21(10-8-17)14-11-18-12-5-3-4-6-13(12)19-14/h3-6,11H,7-10H2,1-2H3,(H,20,22). The van der Waals surface area contributed by atoms with Crippen molar-refractivity contribution in [1.29, 1.82) is 0 Å². The second kappa shape index (κ2) is 4.89. The molecule has 2 aliphatic rings. The third kappa shape index (κ3) is 2.43. The molecule has 0 aliphatic carbocycles. The molecule has 0 saturated carbocycles. The second-order valence-electron chi connectivity index (χ2n) is 6.76. The number of hydrogen-bond acceptors (Lipinski definition) is 5. The van der Waals surface area contributed by atoms with Crippen LogP contribution in [-0.4, -0.2) is 40.3 Å². The maximum absolute atomic E-state index is 12.0. The highest BCUT2D eigenvalue weighted by Gasteiger charge is 2.51. The Morgan fingerprint density at radius 2 is 1.87 bits per heavy atom. The van der Waals surface area contributed by atoms with Crippen molar-refractivity contribution in [1.82, 2.24) is 15.3 Å². The lowest BCUT2D eigenvalue weighted by atomic mass is 10.0. The summed E-state index contributed by atoms with van der Waals surface area (Å²) in [5, 5.41) is 3.04. The van der Waals surface area contributed by atoms with Crippen molar-refractivity contribution >= 4 is 22.8 Å². The number of nitrogens with one attached hydrogen (secondary N) is 1. The molecule has 1 N–H and O–H groups in total. The van der Waals surface area contributed by atoms with Crippen LogP contribution in [0.15, 0.2) is 30.5 Å². The van der Waals surface area contributed by atoms with Gasteiger partial charge in [-0.2, -0.15) is 0 Å². The monoisotopic (exact) mass is 312 g/mol. The van der Waals surface area contributed by atoms with Gasteiger partial charge in [0.2, 0.25) is 0 Å². The van der Waals surface area contributed by atoms with Crippen molar-refractivity contribution in [3.05, 3.63) is 30.5 Å². The molecule has 23 heavy (non-hydrogen) atoms. The number of nitrogens with zero attached hydrogens (tertiary/aromatic N) is 3. The molecule has 0 atom stereocenters. The summed E-state index contributed by atoms with van der Waals surface area (Å²) in [6, 6.07) is 7.86. The van der Waals surface area contributed by atoms with Crippen LogP contribution in [0.1, 0.15) is 26.7 Å². The number of hydrogen-bond donors (Lipinski definition) is 1. The average Bonchev–Trinajstić information content (AvgIpc) is 2.76. The Morgan fingerprint density at radius 3 is 2.52 bits per heavy atom. The summed E-state index contributed by atoms with van der Waals surface area (Å²) in [6.45, 7) is 5.20. The molecule has 120 valence electrons. The first-order valence-electron chi connectivity index (χ1n) is 7.97. The highest BCUT2D eigenvalue weighted by molar-refractivity contribution is 5.86. The number of ether oxygens (including phenoxy) is 1. The number of carbonyl (C=O) groups excluding carboxylic acids is 1. The number of piperidine rings is 1. The molecule has 2 fully saturated rings. The molecule has 6 heteroatoms. The zero-order chi connectivity index (χ0) is 16.1. The average molecular weight is 312 g/mol. The van der Waals surface area contributed by atoms with E-state index in [4.69, 9.17) is 9.72 Å². The third-order valence-corrected chi connectivity index (χ3v) is 4.67. The largest absolute Gasteiger partial charge is 0.355 e. The fourth-order valence-corrected chi connectivity index (χ4v) is 3.34. The van der Waals surface area contributed by atoms with E-state index in [2.05, 4.69) is 15.2 Å². The maximum Gasteiger partial charge on any atom is 0.253 e. The van der Waals surface area contributed by atoms with E-state index in [0.717, 1.165) is 42.8 Å². The fraction of sp³-hybridized carbons (Fsp3) is 0.471. The Labute approximate surface area is 134 Å². The maximum atomic E-state index is 12.0. The van der Waals surface area contributed by atoms with Gasteiger partial charge in [-0.05, 0) is 26.0 Å². The summed E-state index contributed by atoms with van der Waals surface area (Å²) in [5.74, 6) is 0.846. The molecule has 1 aromatic heterocycles. The highest BCUT2D eigenvalue weighted by Crippen LogP contribution is 2.35. The minimum absolute atomic E-state index is 0.0311. The molecular formula is C17H20N4O2. The van der Waals surface area contributed by atoms with E-state index in [9.17, 15) is 4.79 Å². The topological polar surface area (TPSA) is 67.3 Å². The molecule has 1 aromatic carbocycles. The van der Waals surface area contributed by atoms with Crippen molar-refractivity contribution in [3.63, 3.8) is 0 Å². The number of anilines is 1. The molecule has 6 nitrogen and oxygen atoms in total. The number of para-hydroxylation sites is 2. The number of amides is 1. The summed E-state index contributed by atoms with van der Waals surface area (Å²) in [4.78, 5) is 23.4. The fourth-order valence-electron chi connectivity index (χ4n) is 3.34. The van der Waals surface area contributed by atoms with Crippen LogP contribution >= 0.6 is 0 Å². The minimum atomic E-state index is -0.745. The first-order valence-corrected chi connectivity index (χ1v) is 7.97. The number of benzene rings is 1. The Kier molecular flexibility index (Phi) is 3.06. The number of aromatic nitrogens is 2. The van der Waals surface area contributed by atoms with Crippen LogP contribution in [0.5, 0.6) is 0 Å². The van der Waals surface area contributed by atoms with Crippen LogP contribution < -0.4 is 10.2 Å². The van der Waals surface area contributed by atoms with Gasteiger partial charge in [-0.25, -0.2) is 4.98 Å². The lowest BCUT2D eigenvalue weighted by Crippen LogP contribution is -2.52. The smallest absolute Gasteiger partial charge is 0.253 e.